The summed E-state index contributed by atoms with van der Waals surface area (Å²) in [5.74, 6) is -0.401. The Morgan fingerprint density at radius 1 is 1.04 bits per heavy atom. The van der Waals surface area contributed by atoms with E-state index in [9.17, 15) is 4.79 Å². The van der Waals surface area contributed by atoms with Gasteiger partial charge in [0.05, 0.1) is 0 Å². The molecule has 0 saturated carbocycles. The van der Waals surface area contributed by atoms with Crippen LogP contribution in [0.1, 0.15) is 21.5 Å². The topological polar surface area (TPSA) is 76.7 Å². The van der Waals surface area contributed by atoms with Crippen LogP contribution in [0.15, 0.2) is 71.9 Å². The Morgan fingerprint density at radius 3 is 2.56 bits per heavy atom. The van der Waals surface area contributed by atoms with E-state index in [-0.39, 0.29) is 18.5 Å². The number of fused-ring (bicyclic) bond motifs is 1. The first-order valence-electron chi connectivity index (χ1n) is 7.93. The van der Waals surface area contributed by atoms with Crippen LogP contribution in [0.5, 0.6) is 0 Å². The monoisotopic (exact) mass is 333 g/mol. The van der Waals surface area contributed by atoms with Gasteiger partial charge in [-0.1, -0.05) is 66.2 Å². The summed E-state index contributed by atoms with van der Waals surface area (Å²) in [5, 5.41) is 8.14. The Bertz CT molecular complexity index is 912. The van der Waals surface area contributed by atoms with Gasteiger partial charge in [-0.3, -0.25) is 10.1 Å². The smallest absolute Gasteiger partial charge is 0.258 e. The maximum Gasteiger partial charge on any atom is 0.258 e. The number of hydrogen-bond donors (Lipinski definition) is 2. The number of oxime groups is 1. The molecule has 0 radical (unpaired) electrons. The third-order valence-electron chi connectivity index (χ3n) is 3.79. The second-order valence-corrected chi connectivity index (χ2v) is 5.72. The molecule has 3 aromatic rings. The summed E-state index contributed by atoms with van der Waals surface area (Å²) in [6.45, 7) is 2.30. The predicted octanol–water partition coefficient (Wildman–Crippen LogP) is 3.32. The minimum absolute atomic E-state index is 0.0787. The number of nitrogens with one attached hydrogen (secondary N) is 1. The molecule has 0 spiro atoms. The fourth-order valence-corrected chi connectivity index (χ4v) is 2.49. The van der Waals surface area contributed by atoms with Gasteiger partial charge in [0.1, 0.15) is 6.61 Å². The molecule has 1 amide bonds. The number of hydrogen-bond acceptors (Lipinski definition) is 3. The van der Waals surface area contributed by atoms with E-state index < -0.39 is 0 Å². The molecule has 0 saturated heterocycles. The van der Waals surface area contributed by atoms with E-state index in [4.69, 9.17) is 10.6 Å². The molecule has 3 aromatic carbocycles. The number of carbonyl (C=O) groups excluding carboxylic acids is 1. The van der Waals surface area contributed by atoms with E-state index >= 15 is 0 Å². The van der Waals surface area contributed by atoms with Crippen molar-refractivity contribution in [3.05, 3.63) is 83.4 Å². The second-order valence-electron chi connectivity index (χ2n) is 5.72. The number of benzene rings is 3. The summed E-state index contributed by atoms with van der Waals surface area (Å²) in [7, 11) is 0. The summed E-state index contributed by atoms with van der Waals surface area (Å²) >= 11 is 0. The number of amides is 1. The average molecular weight is 333 g/mol. The van der Waals surface area contributed by atoms with Gasteiger partial charge < -0.3 is 10.6 Å². The van der Waals surface area contributed by atoms with Crippen LogP contribution in [0, 0.1) is 6.92 Å². The zero-order valence-electron chi connectivity index (χ0n) is 13.9. The highest BCUT2D eigenvalue weighted by atomic mass is 16.6. The van der Waals surface area contributed by atoms with Crippen LogP contribution in [0.3, 0.4) is 0 Å². The van der Waals surface area contributed by atoms with Crippen LogP contribution in [-0.4, -0.2) is 11.9 Å². The maximum absolute atomic E-state index is 12.4. The lowest BCUT2D eigenvalue weighted by Crippen LogP contribution is -2.37. The lowest BCUT2D eigenvalue weighted by molar-refractivity contribution is 0.0969. The predicted molar refractivity (Wildman–Crippen MR) is 99.0 cm³/mol. The van der Waals surface area contributed by atoms with E-state index in [1.165, 1.54) is 5.56 Å². The van der Waals surface area contributed by atoms with Crippen LogP contribution in [0.4, 0.5) is 0 Å². The van der Waals surface area contributed by atoms with Gasteiger partial charge in [0.25, 0.3) is 5.91 Å². The van der Waals surface area contributed by atoms with Gasteiger partial charge in [-0.2, -0.15) is 0 Å². The van der Waals surface area contributed by atoms with E-state index in [1.54, 1.807) is 6.07 Å². The third-order valence-corrected chi connectivity index (χ3v) is 3.79. The molecule has 0 unspecified atom stereocenters. The van der Waals surface area contributed by atoms with Crippen molar-refractivity contribution < 1.29 is 9.63 Å². The molecule has 3 N–H and O–H groups in total. The maximum atomic E-state index is 12.4. The van der Waals surface area contributed by atoms with E-state index in [1.807, 2.05) is 67.6 Å². The zero-order chi connectivity index (χ0) is 17.6. The molecule has 0 aliphatic carbocycles. The van der Waals surface area contributed by atoms with Gasteiger partial charge in [-0.25, -0.2) is 0 Å². The summed E-state index contributed by atoms with van der Waals surface area (Å²) in [5.41, 5.74) is 8.42. The summed E-state index contributed by atoms with van der Waals surface area (Å²) < 4.78 is 0. The largest absolute Gasteiger partial charge is 0.388 e. The third kappa shape index (κ3) is 4.14. The first-order chi connectivity index (χ1) is 12.1. The van der Waals surface area contributed by atoms with E-state index in [2.05, 4.69) is 10.5 Å². The molecular weight excluding hydrogens is 314 g/mol. The van der Waals surface area contributed by atoms with Gasteiger partial charge in [-0.05, 0) is 34.5 Å². The Morgan fingerprint density at radius 2 is 1.76 bits per heavy atom. The Labute approximate surface area is 146 Å². The van der Waals surface area contributed by atoms with Crippen molar-refractivity contribution >= 4 is 22.6 Å². The van der Waals surface area contributed by atoms with Gasteiger partial charge in [-0.15, -0.1) is 0 Å². The molecule has 0 aliphatic rings. The molecule has 3 rings (SSSR count). The van der Waals surface area contributed by atoms with Gasteiger partial charge in [0, 0.05) is 5.56 Å². The quantitative estimate of drug-likeness (QED) is 0.437. The molecule has 25 heavy (non-hydrogen) atoms. The highest BCUT2D eigenvalue weighted by Gasteiger charge is 2.10. The minimum atomic E-state index is -0.322. The molecule has 0 atom stereocenters. The molecule has 5 nitrogen and oxygen atoms in total. The number of guanidine groups is 1. The lowest BCUT2D eigenvalue weighted by Gasteiger charge is -2.07. The molecule has 0 aromatic heterocycles. The molecule has 0 heterocycles. The van der Waals surface area contributed by atoms with E-state index in [0.29, 0.717) is 5.56 Å². The number of aryl methyl sites for hydroxylation is 1. The van der Waals surface area contributed by atoms with Crippen LogP contribution in [-0.2, 0) is 11.4 Å². The van der Waals surface area contributed by atoms with Crippen LogP contribution < -0.4 is 11.1 Å². The molecule has 0 aliphatic heterocycles. The molecule has 0 fully saturated rings. The Balaban J connectivity index is 1.64. The van der Waals surface area contributed by atoms with Gasteiger partial charge in [0.15, 0.2) is 0 Å². The Hall–Kier alpha value is -3.34. The van der Waals surface area contributed by atoms with Crippen molar-refractivity contribution in [2.24, 2.45) is 10.9 Å². The molecule has 0 bridgehead atoms. The van der Waals surface area contributed by atoms with Crippen LogP contribution in [0.25, 0.3) is 10.8 Å². The molecule has 5 heteroatoms. The normalized spacial score (nSPS) is 11.3. The van der Waals surface area contributed by atoms with Crippen molar-refractivity contribution in [1.82, 2.24) is 5.32 Å². The minimum Gasteiger partial charge on any atom is -0.388 e. The zero-order valence-corrected chi connectivity index (χ0v) is 13.9. The number of rotatable bonds is 4. The average Bonchev–Trinajstić information content (AvgIpc) is 2.63. The van der Waals surface area contributed by atoms with Crippen molar-refractivity contribution in [2.75, 3.05) is 0 Å². The highest BCUT2D eigenvalue weighted by molar-refractivity contribution is 6.12. The van der Waals surface area contributed by atoms with Crippen molar-refractivity contribution in [3.63, 3.8) is 0 Å². The van der Waals surface area contributed by atoms with E-state index in [0.717, 1.165) is 16.3 Å². The first-order valence-corrected chi connectivity index (χ1v) is 7.93. The number of nitrogens with two attached hydrogens (primary N) is 1. The number of carbonyl (C=O) groups is 1. The second kappa shape index (κ2) is 7.49. The molecule has 126 valence electrons. The first kappa shape index (κ1) is 16.5. The van der Waals surface area contributed by atoms with Gasteiger partial charge >= 0.3 is 0 Å². The fourth-order valence-electron chi connectivity index (χ4n) is 2.49. The summed E-state index contributed by atoms with van der Waals surface area (Å²) in [6, 6.07) is 21.1. The molecular formula is C20H19N3O2. The van der Waals surface area contributed by atoms with Gasteiger partial charge in [0.2, 0.25) is 5.96 Å². The summed E-state index contributed by atoms with van der Waals surface area (Å²) in [6.07, 6.45) is 0. The SMILES string of the molecule is Cc1ccc(CON=C(N)NC(=O)c2cccc3ccccc23)cc1. The summed E-state index contributed by atoms with van der Waals surface area (Å²) in [4.78, 5) is 17.6. The number of nitrogens with zero attached hydrogens (tertiary/aromatic N) is 1. The standard InChI is InChI=1S/C20H19N3O2/c1-14-9-11-15(12-10-14)13-25-23-20(21)22-19(24)18-8-4-6-16-5-2-3-7-17(16)18/h2-12H,13H2,1H3,(H3,21,22,23,24). The van der Waals surface area contributed by atoms with Crippen molar-refractivity contribution in [3.8, 4) is 0 Å². The van der Waals surface area contributed by atoms with Crippen LogP contribution in [0.2, 0.25) is 0 Å². The van der Waals surface area contributed by atoms with Crippen molar-refractivity contribution in [1.29, 1.82) is 0 Å². The van der Waals surface area contributed by atoms with Crippen LogP contribution >= 0.6 is 0 Å². The Kier molecular flexibility index (Phi) is 4.95. The lowest BCUT2D eigenvalue weighted by atomic mass is 10.0. The van der Waals surface area contributed by atoms with Crippen molar-refractivity contribution in [2.45, 2.75) is 13.5 Å². The highest BCUT2D eigenvalue weighted by Crippen LogP contribution is 2.18. The fraction of sp³-hybridized carbons (Fsp3) is 0.100.